The number of ether oxygens (including phenoxy) is 1. The van der Waals surface area contributed by atoms with Crippen molar-refractivity contribution in [2.24, 2.45) is 0 Å². The van der Waals surface area contributed by atoms with Crippen LogP contribution < -0.4 is 16.1 Å². The van der Waals surface area contributed by atoms with E-state index in [1.807, 2.05) is 6.92 Å². The summed E-state index contributed by atoms with van der Waals surface area (Å²) < 4.78 is 21.7. The second-order valence-corrected chi connectivity index (χ2v) is 8.11. The molecule has 1 aromatic heterocycles. The predicted molar refractivity (Wildman–Crippen MR) is 118 cm³/mol. The molecule has 31 heavy (non-hydrogen) atoms. The fourth-order valence-electron chi connectivity index (χ4n) is 4.06. The van der Waals surface area contributed by atoms with E-state index in [2.05, 4.69) is 10.6 Å². The Balaban J connectivity index is 2.11. The summed E-state index contributed by atoms with van der Waals surface area (Å²) in [5.41, 5.74) is 0.106. The molecule has 2 N–H and O–H groups in total. The van der Waals surface area contributed by atoms with Gasteiger partial charge >= 0.3 is 5.97 Å². The van der Waals surface area contributed by atoms with E-state index in [-0.39, 0.29) is 35.5 Å². The Labute approximate surface area is 181 Å². The number of amides is 1. The van der Waals surface area contributed by atoms with Gasteiger partial charge in [0, 0.05) is 37.1 Å². The zero-order chi connectivity index (χ0) is 22.5. The van der Waals surface area contributed by atoms with Crippen LogP contribution in [0.15, 0.2) is 23.1 Å². The molecule has 3 rings (SSSR count). The smallest absolute Gasteiger partial charge is 0.343 e. The lowest BCUT2D eigenvalue weighted by molar-refractivity contribution is -0.119. The highest BCUT2D eigenvalue weighted by molar-refractivity contribution is 5.94. The Hall–Kier alpha value is -2.90. The maximum absolute atomic E-state index is 14.9. The van der Waals surface area contributed by atoms with Crippen molar-refractivity contribution in [1.82, 2.24) is 9.88 Å². The van der Waals surface area contributed by atoms with Crippen LogP contribution in [0.1, 0.15) is 69.3 Å². The Kier molecular flexibility index (Phi) is 7.30. The summed E-state index contributed by atoms with van der Waals surface area (Å²) in [4.78, 5) is 36.7. The molecule has 0 radical (unpaired) electrons. The molecule has 0 spiro atoms. The molecule has 2 aromatic rings. The van der Waals surface area contributed by atoms with E-state index in [1.165, 1.54) is 25.6 Å². The number of benzene rings is 1. The van der Waals surface area contributed by atoms with Gasteiger partial charge in [0.25, 0.3) is 0 Å². The van der Waals surface area contributed by atoms with E-state index in [4.69, 9.17) is 4.74 Å². The summed E-state index contributed by atoms with van der Waals surface area (Å²) in [6, 6.07) is 2.72. The number of rotatable bonds is 7. The van der Waals surface area contributed by atoms with Crippen molar-refractivity contribution < 1.29 is 18.7 Å². The average Bonchev–Trinajstić information content (AvgIpc) is 2.74. The molecule has 1 saturated carbocycles. The van der Waals surface area contributed by atoms with Crippen LogP contribution in [-0.2, 0) is 9.53 Å². The van der Waals surface area contributed by atoms with Gasteiger partial charge in [-0.1, -0.05) is 19.3 Å². The largest absolute Gasteiger partial charge is 0.462 e. The first-order chi connectivity index (χ1) is 14.8. The Morgan fingerprint density at radius 2 is 1.97 bits per heavy atom. The topological polar surface area (TPSA) is 89.4 Å². The number of nitrogens with one attached hydrogen (secondary N) is 2. The molecule has 0 saturated heterocycles. The van der Waals surface area contributed by atoms with E-state index < -0.39 is 17.2 Å². The van der Waals surface area contributed by atoms with Crippen LogP contribution in [0, 0.1) is 5.82 Å². The second kappa shape index (κ2) is 9.94. The average molecular weight is 432 g/mol. The van der Waals surface area contributed by atoms with Crippen molar-refractivity contribution in [2.45, 2.75) is 65.0 Å². The van der Waals surface area contributed by atoms with E-state index in [0.717, 1.165) is 25.7 Å². The van der Waals surface area contributed by atoms with Crippen LogP contribution in [0.25, 0.3) is 10.9 Å². The highest BCUT2D eigenvalue weighted by Gasteiger charge is 2.22. The molecule has 1 unspecified atom stereocenters. The molecule has 168 valence electrons. The number of anilines is 1. The second-order valence-electron chi connectivity index (χ2n) is 8.11. The Morgan fingerprint density at radius 1 is 1.26 bits per heavy atom. The molecular weight excluding hydrogens is 401 g/mol. The third kappa shape index (κ3) is 5.24. The molecule has 0 bridgehead atoms. The highest BCUT2D eigenvalue weighted by atomic mass is 19.1. The quantitative estimate of drug-likeness (QED) is 0.652. The van der Waals surface area contributed by atoms with Gasteiger partial charge in [0.1, 0.15) is 11.4 Å². The third-order valence-electron chi connectivity index (χ3n) is 5.70. The fourth-order valence-corrected chi connectivity index (χ4v) is 4.06. The van der Waals surface area contributed by atoms with Crippen molar-refractivity contribution in [3.63, 3.8) is 0 Å². The number of pyridine rings is 1. The van der Waals surface area contributed by atoms with Crippen LogP contribution in [0.2, 0.25) is 0 Å². The Bertz CT molecular complexity index is 1030. The van der Waals surface area contributed by atoms with Crippen LogP contribution in [0.4, 0.5) is 10.1 Å². The molecular formula is C23H30FN3O4. The van der Waals surface area contributed by atoms with Crippen molar-refractivity contribution >= 4 is 28.5 Å². The summed E-state index contributed by atoms with van der Waals surface area (Å²) in [7, 11) is 0. The number of hydrogen-bond acceptors (Lipinski definition) is 5. The van der Waals surface area contributed by atoms with Gasteiger partial charge in [-0.25, -0.2) is 9.18 Å². The number of fused-ring (bicyclic) bond motifs is 1. The standard InChI is InChI=1S/C23H30FN3O4/c1-4-31-23(30)18-13-27(14(2)12-25-15(3)28)21-11-20(19(24)10-17(21)22(18)29)26-16-8-6-5-7-9-16/h10-11,13-14,16,26H,4-9,12H2,1-3H3,(H,25,28). The molecule has 8 heteroatoms. The van der Waals surface area contributed by atoms with Crippen LogP contribution in [0.3, 0.4) is 0 Å². The number of carbonyl (C=O) groups is 2. The minimum absolute atomic E-state index is 0.104. The highest BCUT2D eigenvalue weighted by Crippen LogP contribution is 2.27. The maximum Gasteiger partial charge on any atom is 0.343 e. The summed E-state index contributed by atoms with van der Waals surface area (Å²) in [5.74, 6) is -1.47. The van der Waals surface area contributed by atoms with Crippen molar-refractivity contribution in [2.75, 3.05) is 18.5 Å². The Morgan fingerprint density at radius 3 is 2.61 bits per heavy atom. The molecule has 1 amide bonds. The monoisotopic (exact) mass is 431 g/mol. The van der Waals surface area contributed by atoms with Gasteiger partial charge in [0.2, 0.25) is 11.3 Å². The fraction of sp³-hybridized carbons (Fsp3) is 0.522. The molecule has 1 aliphatic carbocycles. The van der Waals surface area contributed by atoms with Gasteiger partial charge in [-0.2, -0.15) is 0 Å². The first-order valence-corrected chi connectivity index (χ1v) is 10.9. The summed E-state index contributed by atoms with van der Waals surface area (Å²) >= 11 is 0. The summed E-state index contributed by atoms with van der Waals surface area (Å²) in [6.45, 7) is 5.34. The van der Waals surface area contributed by atoms with Crippen LogP contribution in [-0.4, -0.2) is 35.6 Å². The first-order valence-electron chi connectivity index (χ1n) is 10.9. The van der Waals surface area contributed by atoms with Crippen molar-refractivity contribution in [3.8, 4) is 0 Å². The van der Waals surface area contributed by atoms with E-state index in [9.17, 15) is 18.8 Å². The summed E-state index contributed by atoms with van der Waals surface area (Å²) in [5, 5.41) is 6.13. The minimum Gasteiger partial charge on any atom is -0.462 e. The maximum atomic E-state index is 14.9. The molecule has 1 atom stereocenters. The lowest BCUT2D eigenvalue weighted by Crippen LogP contribution is -2.29. The number of halogens is 1. The van der Waals surface area contributed by atoms with Crippen molar-refractivity contribution in [1.29, 1.82) is 0 Å². The van der Waals surface area contributed by atoms with Gasteiger partial charge in [-0.05, 0) is 38.8 Å². The lowest BCUT2D eigenvalue weighted by atomic mass is 9.95. The van der Waals surface area contributed by atoms with Gasteiger partial charge in [-0.3, -0.25) is 9.59 Å². The summed E-state index contributed by atoms with van der Waals surface area (Å²) in [6.07, 6.45) is 6.80. The molecule has 1 aromatic carbocycles. The molecule has 1 heterocycles. The molecule has 0 aliphatic heterocycles. The number of carbonyl (C=O) groups excluding carboxylic acids is 2. The van der Waals surface area contributed by atoms with E-state index >= 15 is 0 Å². The molecule has 1 aliphatic rings. The SMILES string of the molecule is CCOC(=O)c1cn(C(C)CNC(C)=O)c2cc(NC3CCCCC3)c(F)cc2c1=O. The van der Waals surface area contributed by atoms with E-state index in [1.54, 1.807) is 17.6 Å². The predicted octanol–water partition coefficient (Wildman–Crippen LogP) is 3.76. The third-order valence-corrected chi connectivity index (χ3v) is 5.70. The van der Waals surface area contributed by atoms with E-state index in [0.29, 0.717) is 17.7 Å². The van der Waals surface area contributed by atoms with Crippen LogP contribution >= 0.6 is 0 Å². The minimum atomic E-state index is -0.750. The first kappa shape index (κ1) is 22.8. The number of hydrogen-bond donors (Lipinski definition) is 2. The van der Waals surface area contributed by atoms with Gasteiger partial charge < -0.3 is 19.9 Å². The molecule has 1 fully saturated rings. The normalized spacial score (nSPS) is 15.5. The number of esters is 1. The zero-order valence-electron chi connectivity index (χ0n) is 18.3. The van der Waals surface area contributed by atoms with Gasteiger partial charge in [0.15, 0.2) is 0 Å². The van der Waals surface area contributed by atoms with Gasteiger partial charge in [0.05, 0.1) is 17.8 Å². The lowest BCUT2D eigenvalue weighted by Gasteiger charge is -2.25. The van der Waals surface area contributed by atoms with Crippen LogP contribution in [0.5, 0.6) is 0 Å². The zero-order valence-corrected chi connectivity index (χ0v) is 18.3. The number of aromatic nitrogens is 1. The molecule has 7 nitrogen and oxygen atoms in total. The van der Waals surface area contributed by atoms with Gasteiger partial charge in [-0.15, -0.1) is 0 Å². The van der Waals surface area contributed by atoms with Crippen molar-refractivity contribution in [3.05, 3.63) is 39.9 Å². The number of nitrogens with zero attached hydrogens (tertiary/aromatic N) is 1.